The van der Waals surface area contributed by atoms with Crippen molar-refractivity contribution in [1.82, 2.24) is 5.32 Å². The van der Waals surface area contributed by atoms with Crippen LogP contribution < -0.4 is 5.32 Å². The highest BCUT2D eigenvalue weighted by atomic mass is 16.5. The summed E-state index contributed by atoms with van der Waals surface area (Å²) in [4.78, 5) is 0. The molecule has 1 fully saturated rings. The number of ether oxygens (including phenoxy) is 1. The van der Waals surface area contributed by atoms with Crippen molar-refractivity contribution in [3.8, 4) is 0 Å². The first kappa shape index (κ1) is 11.9. The lowest BCUT2D eigenvalue weighted by Crippen LogP contribution is -2.48. The molecule has 0 bridgehead atoms. The average Bonchev–Trinajstić information content (AvgIpc) is 2.30. The van der Waals surface area contributed by atoms with Gasteiger partial charge in [0.05, 0.1) is 11.7 Å². The van der Waals surface area contributed by atoms with Gasteiger partial charge in [0, 0.05) is 26.1 Å². The van der Waals surface area contributed by atoms with Crippen molar-refractivity contribution < 1.29 is 14.9 Å². The zero-order valence-electron chi connectivity index (χ0n) is 9.21. The molecular weight excluding hydrogens is 182 g/mol. The number of rotatable bonds is 4. The van der Waals surface area contributed by atoms with Crippen molar-refractivity contribution in [3.63, 3.8) is 0 Å². The molecule has 0 aromatic carbocycles. The fourth-order valence-corrected chi connectivity index (χ4v) is 1.59. The van der Waals surface area contributed by atoms with Gasteiger partial charge in [-0.1, -0.05) is 0 Å². The Kier molecular flexibility index (Phi) is 3.53. The highest BCUT2D eigenvalue weighted by Crippen LogP contribution is 2.24. The monoisotopic (exact) mass is 203 g/mol. The maximum absolute atomic E-state index is 10.1. The molecule has 1 aliphatic heterocycles. The van der Waals surface area contributed by atoms with E-state index in [1.54, 1.807) is 13.8 Å². The minimum absolute atomic E-state index is 0.128. The molecule has 1 rings (SSSR count). The van der Waals surface area contributed by atoms with E-state index in [1.165, 1.54) is 0 Å². The minimum atomic E-state index is -0.773. The Bertz CT molecular complexity index is 190. The molecule has 3 N–H and O–H groups in total. The van der Waals surface area contributed by atoms with Crippen molar-refractivity contribution in [2.45, 2.75) is 44.5 Å². The molecule has 0 aromatic heterocycles. The van der Waals surface area contributed by atoms with Crippen LogP contribution in [0.3, 0.4) is 0 Å². The maximum Gasteiger partial charge on any atom is 0.105 e. The number of hydrogen-bond donors (Lipinski definition) is 3. The van der Waals surface area contributed by atoms with Gasteiger partial charge < -0.3 is 20.3 Å². The lowest BCUT2D eigenvalue weighted by atomic mass is 9.96. The second-order valence-electron chi connectivity index (χ2n) is 4.78. The molecular formula is C10H21NO3. The van der Waals surface area contributed by atoms with E-state index in [9.17, 15) is 10.2 Å². The van der Waals surface area contributed by atoms with Crippen LogP contribution in [0.4, 0.5) is 0 Å². The Morgan fingerprint density at radius 3 is 2.64 bits per heavy atom. The summed E-state index contributed by atoms with van der Waals surface area (Å²) in [5.41, 5.74) is -1.51. The molecule has 4 nitrogen and oxygen atoms in total. The predicted octanol–water partition coefficient (Wildman–Crippen LogP) is -0.113. The molecule has 0 spiro atoms. The molecule has 4 heteroatoms. The van der Waals surface area contributed by atoms with Crippen LogP contribution in [-0.4, -0.2) is 47.2 Å². The van der Waals surface area contributed by atoms with Gasteiger partial charge >= 0.3 is 0 Å². The lowest BCUT2D eigenvalue weighted by Gasteiger charge is -2.28. The lowest BCUT2D eigenvalue weighted by molar-refractivity contribution is -0.0295. The Balaban J connectivity index is 2.30. The first-order chi connectivity index (χ1) is 6.33. The fraction of sp³-hybridized carbons (Fsp3) is 1.00. The second kappa shape index (κ2) is 4.14. The van der Waals surface area contributed by atoms with Crippen LogP contribution in [0, 0.1) is 0 Å². The van der Waals surface area contributed by atoms with Crippen molar-refractivity contribution in [1.29, 1.82) is 0 Å². The van der Waals surface area contributed by atoms with Crippen LogP contribution in [0.5, 0.6) is 0 Å². The van der Waals surface area contributed by atoms with Crippen molar-refractivity contribution in [2.24, 2.45) is 0 Å². The molecule has 2 atom stereocenters. The van der Waals surface area contributed by atoms with Crippen LogP contribution in [-0.2, 0) is 4.74 Å². The summed E-state index contributed by atoms with van der Waals surface area (Å²) in [5.74, 6) is 0. The Morgan fingerprint density at radius 2 is 2.21 bits per heavy atom. The van der Waals surface area contributed by atoms with Crippen LogP contribution in [0.2, 0.25) is 0 Å². The molecule has 14 heavy (non-hydrogen) atoms. The van der Waals surface area contributed by atoms with E-state index >= 15 is 0 Å². The van der Waals surface area contributed by atoms with Crippen LogP contribution in [0.1, 0.15) is 27.2 Å². The third-order valence-electron chi connectivity index (χ3n) is 2.65. The minimum Gasteiger partial charge on any atom is -0.389 e. The molecule has 0 aliphatic carbocycles. The van der Waals surface area contributed by atoms with Gasteiger partial charge in [0.15, 0.2) is 0 Å². The largest absolute Gasteiger partial charge is 0.389 e. The first-order valence-corrected chi connectivity index (χ1v) is 5.11. The van der Waals surface area contributed by atoms with Gasteiger partial charge in [0.1, 0.15) is 5.60 Å². The molecule has 0 aromatic rings. The number of nitrogens with one attached hydrogen (secondary N) is 1. The second-order valence-corrected chi connectivity index (χ2v) is 4.78. The molecule has 84 valence electrons. The van der Waals surface area contributed by atoms with E-state index < -0.39 is 11.2 Å². The van der Waals surface area contributed by atoms with Gasteiger partial charge in [-0.25, -0.2) is 0 Å². The maximum atomic E-state index is 10.1. The van der Waals surface area contributed by atoms with Gasteiger partial charge in [0.2, 0.25) is 0 Å². The Hall–Kier alpha value is -0.160. The highest BCUT2D eigenvalue weighted by Gasteiger charge is 2.39. The standard InChI is InChI=1S/C10H21NO3/c1-8-10(13,4-5-14-8)7-11-6-9(2,3)12/h8,11-13H,4-7H2,1-3H3. The van der Waals surface area contributed by atoms with Crippen LogP contribution in [0.15, 0.2) is 0 Å². The molecule has 1 aliphatic rings. The SMILES string of the molecule is CC1OCCC1(O)CNCC(C)(C)O. The zero-order chi connectivity index (χ0) is 10.8. The van der Waals surface area contributed by atoms with E-state index in [1.807, 2.05) is 6.92 Å². The quantitative estimate of drug-likeness (QED) is 0.596. The summed E-state index contributed by atoms with van der Waals surface area (Å²) in [7, 11) is 0. The topological polar surface area (TPSA) is 61.7 Å². The summed E-state index contributed by atoms with van der Waals surface area (Å²) in [6.07, 6.45) is 0.532. The molecule has 0 amide bonds. The Labute approximate surface area is 85.3 Å². The summed E-state index contributed by atoms with van der Waals surface area (Å²) in [5, 5.41) is 22.6. The average molecular weight is 203 g/mol. The summed E-state index contributed by atoms with van der Waals surface area (Å²) in [6, 6.07) is 0. The van der Waals surface area contributed by atoms with E-state index in [0.29, 0.717) is 26.1 Å². The number of aliphatic hydroxyl groups is 2. The third kappa shape index (κ3) is 3.20. The Morgan fingerprint density at radius 1 is 1.57 bits per heavy atom. The summed E-state index contributed by atoms with van der Waals surface area (Å²) in [6.45, 7) is 6.90. The van der Waals surface area contributed by atoms with Gasteiger partial charge in [-0.15, -0.1) is 0 Å². The molecule has 2 unspecified atom stereocenters. The van der Waals surface area contributed by atoms with Gasteiger partial charge in [0.25, 0.3) is 0 Å². The molecule has 1 heterocycles. The summed E-state index contributed by atoms with van der Waals surface area (Å²) < 4.78 is 5.30. The summed E-state index contributed by atoms with van der Waals surface area (Å²) >= 11 is 0. The zero-order valence-corrected chi connectivity index (χ0v) is 9.21. The number of hydrogen-bond acceptors (Lipinski definition) is 4. The van der Waals surface area contributed by atoms with Crippen molar-refractivity contribution in [2.75, 3.05) is 19.7 Å². The predicted molar refractivity (Wildman–Crippen MR) is 54.1 cm³/mol. The third-order valence-corrected chi connectivity index (χ3v) is 2.65. The van der Waals surface area contributed by atoms with Gasteiger partial charge in [-0.05, 0) is 20.8 Å². The van der Waals surface area contributed by atoms with Crippen molar-refractivity contribution >= 4 is 0 Å². The van der Waals surface area contributed by atoms with E-state index in [4.69, 9.17) is 4.74 Å². The highest BCUT2D eigenvalue weighted by molar-refractivity contribution is 4.92. The van der Waals surface area contributed by atoms with E-state index in [-0.39, 0.29) is 6.10 Å². The first-order valence-electron chi connectivity index (χ1n) is 5.11. The van der Waals surface area contributed by atoms with Gasteiger partial charge in [-0.2, -0.15) is 0 Å². The smallest absolute Gasteiger partial charge is 0.105 e. The molecule has 0 radical (unpaired) electrons. The van der Waals surface area contributed by atoms with E-state index in [0.717, 1.165) is 0 Å². The van der Waals surface area contributed by atoms with Crippen molar-refractivity contribution in [3.05, 3.63) is 0 Å². The normalized spacial score (nSPS) is 33.6. The van der Waals surface area contributed by atoms with Crippen LogP contribution in [0.25, 0.3) is 0 Å². The van der Waals surface area contributed by atoms with Gasteiger partial charge in [-0.3, -0.25) is 0 Å². The molecule has 0 saturated carbocycles. The molecule has 1 saturated heterocycles. The van der Waals surface area contributed by atoms with Crippen LogP contribution >= 0.6 is 0 Å². The van der Waals surface area contributed by atoms with E-state index in [2.05, 4.69) is 5.32 Å². The fourth-order valence-electron chi connectivity index (χ4n) is 1.59.